The first-order valence-corrected chi connectivity index (χ1v) is 8.30. The molecule has 2 rings (SSSR count). The predicted octanol–water partition coefficient (Wildman–Crippen LogP) is 5.13. The van der Waals surface area contributed by atoms with E-state index in [4.69, 9.17) is 11.6 Å². The fourth-order valence-electron chi connectivity index (χ4n) is 1.71. The average molecular weight is 312 g/mol. The second kappa shape index (κ2) is 6.68. The third-order valence-corrected chi connectivity index (χ3v) is 5.01. The fraction of sp³-hybridized carbons (Fsp3) is 0.438. The zero-order valence-electron chi connectivity index (χ0n) is 13.0. The highest BCUT2D eigenvalue weighted by Gasteiger charge is 2.21. The summed E-state index contributed by atoms with van der Waals surface area (Å²) in [6.07, 6.45) is 1.76. The first-order valence-electron chi connectivity index (χ1n) is 6.77. The molecule has 20 heavy (non-hydrogen) atoms. The van der Waals surface area contributed by atoms with Crippen LogP contribution in [0.3, 0.4) is 0 Å². The smallest absolute Gasteiger partial charge is 0.0717 e. The molecule has 0 aliphatic heterocycles. The van der Waals surface area contributed by atoms with E-state index >= 15 is 0 Å². The molecular formula is C16H22ClNOS. The van der Waals surface area contributed by atoms with Crippen molar-refractivity contribution in [3.05, 3.63) is 35.0 Å². The Hall–Kier alpha value is -0.930. The van der Waals surface area contributed by atoms with E-state index in [1.165, 1.54) is 0 Å². The van der Waals surface area contributed by atoms with Gasteiger partial charge in [0.25, 0.3) is 0 Å². The number of hydrogen-bond acceptors (Lipinski definition) is 2. The van der Waals surface area contributed by atoms with E-state index < -0.39 is 10.8 Å². The van der Waals surface area contributed by atoms with Gasteiger partial charge >= 0.3 is 0 Å². The van der Waals surface area contributed by atoms with Gasteiger partial charge in [-0.25, -0.2) is 0 Å². The predicted molar refractivity (Wildman–Crippen MR) is 89.0 cm³/mol. The van der Waals surface area contributed by atoms with E-state index in [0.717, 1.165) is 21.4 Å². The SMILES string of the molecule is CC.Cc1cnc2ccc(S(=O)C(C)(C)C)cc2c1Cl. The van der Waals surface area contributed by atoms with Crippen molar-refractivity contribution in [1.29, 1.82) is 0 Å². The number of hydrogen-bond donors (Lipinski definition) is 0. The molecule has 110 valence electrons. The summed E-state index contributed by atoms with van der Waals surface area (Å²) in [5.41, 5.74) is 1.77. The minimum Gasteiger partial charge on any atom is -0.256 e. The van der Waals surface area contributed by atoms with Crippen LogP contribution in [0.15, 0.2) is 29.3 Å². The standard InChI is InChI=1S/C14H16ClNOS.C2H6/c1-9-8-16-12-6-5-10(7-11(12)13(9)15)18(17)14(2,3)4;1-2/h5-8H,1-4H3;1-2H3. The van der Waals surface area contributed by atoms with Crippen molar-refractivity contribution < 1.29 is 4.21 Å². The molecule has 0 spiro atoms. The average Bonchev–Trinajstić information content (AvgIpc) is 2.43. The van der Waals surface area contributed by atoms with Crippen LogP contribution in [-0.4, -0.2) is 13.9 Å². The van der Waals surface area contributed by atoms with Crippen molar-refractivity contribution in [2.24, 2.45) is 0 Å². The minimum atomic E-state index is -1.06. The summed E-state index contributed by atoms with van der Waals surface area (Å²) in [7, 11) is -1.06. The first kappa shape index (κ1) is 17.1. The molecule has 1 unspecified atom stereocenters. The molecule has 2 aromatic rings. The van der Waals surface area contributed by atoms with Crippen LogP contribution in [0.5, 0.6) is 0 Å². The van der Waals surface area contributed by atoms with Gasteiger partial charge in [-0.05, 0) is 51.5 Å². The fourth-order valence-corrected chi connectivity index (χ4v) is 3.03. The van der Waals surface area contributed by atoms with Crippen LogP contribution in [0.1, 0.15) is 40.2 Å². The number of nitrogens with zero attached hydrogens (tertiary/aromatic N) is 1. The lowest BCUT2D eigenvalue weighted by atomic mass is 10.2. The second-order valence-corrected chi connectivity index (χ2v) is 7.93. The zero-order valence-corrected chi connectivity index (χ0v) is 14.5. The highest BCUT2D eigenvalue weighted by Crippen LogP contribution is 2.29. The van der Waals surface area contributed by atoms with Crippen molar-refractivity contribution >= 4 is 33.3 Å². The Balaban J connectivity index is 0.000000956. The maximum atomic E-state index is 12.4. The van der Waals surface area contributed by atoms with E-state index in [-0.39, 0.29) is 4.75 Å². The summed E-state index contributed by atoms with van der Waals surface area (Å²) in [5.74, 6) is 0. The van der Waals surface area contributed by atoms with Crippen LogP contribution in [0.2, 0.25) is 5.02 Å². The Labute approximate surface area is 129 Å². The Kier molecular flexibility index (Phi) is 5.72. The monoisotopic (exact) mass is 311 g/mol. The van der Waals surface area contributed by atoms with E-state index in [0.29, 0.717) is 5.02 Å². The normalized spacial score (nSPS) is 12.8. The highest BCUT2D eigenvalue weighted by molar-refractivity contribution is 7.86. The molecule has 0 bridgehead atoms. The number of pyridine rings is 1. The molecule has 4 heteroatoms. The largest absolute Gasteiger partial charge is 0.256 e. The number of benzene rings is 1. The minimum absolute atomic E-state index is 0.280. The summed E-state index contributed by atoms with van der Waals surface area (Å²) < 4.78 is 12.1. The van der Waals surface area contributed by atoms with Crippen LogP contribution in [0, 0.1) is 6.92 Å². The van der Waals surface area contributed by atoms with Gasteiger partial charge in [-0.15, -0.1) is 0 Å². The Morgan fingerprint density at radius 2 is 1.80 bits per heavy atom. The van der Waals surface area contributed by atoms with Gasteiger partial charge in [0.1, 0.15) is 0 Å². The Bertz CT molecular complexity index is 632. The van der Waals surface area contributed by atoms with Gasteiger partial charge in [0, 0.05) is 21.2 Å². The summed E-state index contributed by atoms with van der Waals surface area (Å²) in [4.78, 5) is 5.12. The Morgan fingerprint density at radius 3 is 2.35 bits per heavy atom. The third kappa shape index (κ3) is 3.58. The highest BCUT2D eigenvalue weighted by atomic mass is 35.5. The van der Waals surface area contributed by atoms with E-state index in [1.807, 2.05) is 59.7 Å². The van der Waals surface area contributed by atoms with Gasteiger partial charge in [-0.1, -0.05) is 25.4 Å². The van der Waals surface area contributed by atoms with Crippen LogP contribution in [0.4, 0.5) is 0 Å². The number of fused-ring (bicyclic) bond motifs is 1. The number of aryl methyl sites for hydroxylation is 1. The molecular weight excluding hydrogens is 290 g/mol. The molecule has 0 fully saturated rings. The van der Waals surface area contributed by atoms with E-state index in [2.05, 4.69) is 4.98 Å². The summed E-state index contributed by atoms with van der Waals surface area (Å²) in [5, 5.41) is 1.56. The lowest BCUT2D eigenvalue weighted by molar-refractivity contribution is 0.649. The van der Waals surface area contributed by atoms with Crippen molar-refractivity contribution in [2.45, 2.75) is 51.2 Å². The maximum Gasteiger partial charge on any atom is 0.0717 e. The van der Waals surface area contributed by atoms with Gasteiger partial charge in [0.05, 0.1) is 21.3 Å². The zero-order chi connectivity index (χ0) is 15.5. The van der Waals surface area contributed by atoms with Crippen LogP contribution in [-0.2, 0) is 10.8 Å². The lowest BCUT2D eigenvalue weighted by Gasteiger charge is -2.18. The molecule has 0 aliphatic rings. The summed E-state index contributed by atoms with van der Waals surface area (Å²) in [6.45, 7) is 11.8. The maximum absolute atomic E-state index is 12.4. The molecule has 0 N–H and O–H groups in total. The van der Waals surface area contributed by atoms with Gasteiger partial charge in [-0.3, -0.25) is 9.19 Å². The summed E-state index contributed by atoms with van der Waals surface area (Å²) in [6, 6.07) is 5.63. The van der Waals surface area contributed by atoms with Gasteiger partial charge in [0.15, 0.2) is 0 Å². The molecule has 0 saturated carbocycles. The number of rotatable bonds is 1. The Morgan fingerprint density at radius 1 is 1.20 bits per heavy atom. The molecule has 0 saturated heterocycles. The van der Waals surface area contributed by atoms with Crippen LogP contribution < -0.4 is 0 Å². The second-order valence-electron chi connectivity index (χ2n) is 5.32. The molecule has 0 aliphatic carbocycles. The van der Waals surface area contributed by atoms with E-state index in [9.17, 15) is 4.21 Å². The van der Waals surface area contributed by atoms with Gasteiger partial charge in [0.2, 0.25) is 0 Å². The lowest BCUT2D eigenvalue weighted by Crippen LogP contribution is -2.21. The van der Waals surface area contributed by atoms with Crippen LogP contribution in [0.25, 0.3) is 10.9 Å². The van der Waals surface area contributed by atoms with Crippen molar-refractivity contribution in [3.63, 3.8) is 0 Å². The van der Waals surface area contributed by atoms with Gasteiger partial charge in [-0.2, -0.15) is 0 Å². The molecule has 1 atom stereocenters. The topological polar surface area (TPSA) is 30.0 Å². The molecule has 0 amide bonds. The molecule has 1 heterocycles. The van der Waals surface area contributed by atoms with Crippen LogP contribution >= 0.6 is 11.6 Å². The molecule has 0 radical (unpaired) electrons. The van der Waals surface area contributed by atoms with Crippen molar-refractivity contribution in [3.8, 4) is 0 Å². The third-order valence-electron chi connectivity index (χ3n) is 2.72. The molecule has 1 aromatic heterocycles. The number of aromatic nitrogens is 1. The van der Waals surface area contributed by atoms with Gasteiger partial charge < -0.3 is 0 Å². The summed E-state index contributed by atoms with van der Waals surface area (Å²) >= 11 is 6.28. The quantitative estimate of drug-likeness (QED) is 0.731. The number of halogens is 1. The van der Waals surface area contributed by atoms with Crippen molar-refractivity contribution in [1.82, 2.24) is 4.98 Å². The molecule has 1 aromatic carbocycles. The van der Waals surface area contributed by atoms with E-state index in [1.54, 1.807) is 6.20 Å². The van der Waals surface area contributed by atoms with Crippen molar-refractivity contribution in [2.75, 3.05) is 0 Å². The molecule has 2 nitrogen and oxygen atoms in total. The first-order chi connectivity index (χ1) is 9.30.